The number of nitrogens with zero attached hydrogens (tertiary/aromatic N) is 1. The Morgan fingerprint density at radius 2 is 2.06 bits per heavy atom. The molecule has 3 atom stereocenters. The summed E-state index contributed by atoms with van der Waals surface area (Å²) < 4.78 is 5.46. The van der Waals surface area contributed by atoms with Gasteiger partial charge in [-0.15, -0.1) is 0 Å². The van der Waals surface area contributed by atoms with Crippen LogP contribution in [0.25, 0.3) is 0 Å². The summed E-state index contributed by atoms with van der Waals surface area (Å²) in [6.07, 6.45) is 2.97. The smallest absolute Gasteiger partial charge is 0.410 e. The topological polar surface area (TPSA) is 55.6 Å². The molecule has 4 heteroatoms. The number of hydrogen-bond donors (Lipinski definition) is 1. The van der Waals surface area contributed by atoms with Gasteiger partial charge in [0.15, 0.2) is 0 Å². The summed E-state index contributed by atoms with van der Waals surface area (Å²) in [5.74, 6) is 0. The number of carbonyl (C=O) groups excluding carboxylic acids is 1. The highest BCUT2D eigenvalue weighted by molar-refractivity contribution is 5.69. The maximum Gasteiger partial charge on any atom is 0.410 e. The Bertz CT molecular complexity index is 324. The zero-order valence-corrected chi connectivity index (χ0v) is 11.3. The first-order valence-electron chi connectivity index (χ1n) is 6.49. The Labute approximate surface area is 103 Å². The van der Waals surface area contributed by atoms with E-state index in [1.54, 1.807) is 0 Å². The van der Waals surface area contributed by atoms with E-state index in [-0.39, 0.29) is 23.6 Å². The molecule has 0 aromatic carbocycles. The molecule has 1 aliphatic heterocycles. The van der Waals surface area contributed by atoms with E-state index in [1.807, 2.05) is 25.7 Å². The molecule has 2 N–H and O–H groups in total. The number of likely N-dealkylation sites (tertiary alicyclic amines) is 1. The zero-order chi connectivity index (χ0) is 12.8. The van der Waals surface area contributed by atoms with Crippen LogP contribution >= 0.6 is 0 Å². The molecule has 1 aliphatic carbocycles. The van der Waals surface area contributed by atoms with Crippen LogP contribution < -0.4 is 5.73 Å². The van der Waals surface area contributed by atoms with E-state index in [0.717, 1.165) is 25.8 Å². The van der Waals surface area contributed by atoms with Crippen molar-refractivity contribution >= 4 is 6.09 Å². The lowest BCUT2D eigenvalue weighted by Crippen LogP contribution is -2.44. The SMILES string of the molecule is CC(C)(C)OC(=O)N1CCCC1C1(C)CC1N. The van der Waals surface area contributed by atoms with E-state index >= 15 is 0 Å². The number of nitrogens with two attached hydrogens (primary N) is 1. The maximum atomic E-state index is 12.1. The minimum Gasteiger partial charge on any atom is -0.444 e. The highest BCUT2D eigenvalue weighted by Crippen LogP contribution is 2.51. The maximum absolute atomic E-state index is 12.1. The number of carbonyl (C=O) groups is 1. The van der Waals surface area contributed by atoms with Gasteiger partial charge in [-0.25, -0.2) is 4.79 Å². The summed E-state index contributed by atoms with van der Waals surface area (Å²) in [7, 11) is 0. The monoisotopic (exact) mass is 240 g/mol. The molecule has 4 nitrogen and oxygen atoms in total. The van der Waals surface area contributed by atoms with Crippen LogP contribution in [0.2, 0.25) is 0 Å². The fraction of sp³-hybridized carbons (Fsp3) is 0.923. The Kier molecular flexibility index (Phi) is 2.89. The van der Waals surface area contributed by atoms with Gasteiger partial charge in [-0.3, -0.25) is 0 Å². The zero-order valence-electron chi connectivity index (χ0n) is 11.3. The van der Waals surface area contributed by atoms with E-state index in [2.05, 4.69) is 6.92 Å². The van der Waals surface area contributed by atoms with E-state index in [9.17, 15) is 4.79 Å². The van der Waals surface area contributed by atoms with Crippen molar-refractivity contribution in [3.8, 4) is 0 Å². The highest BCUT2D eigenvalue weighted by atomic mass is 16.6. The van der Waals surface area contributed by atoms with Crippen molar-refractivity contribution < 1.29 is 9.53 Å². The molecule has 0 aromatic heterocycles. The molecule has 1 amide bonds. The third-order valence-corrected chi connectivity index (χ3v) is 3.99. The van der Waals surface area contributed by atoms with Crippen molar-refractivity contribution in [2.45, 2.75) is 64.6 Å². The van der Waals surface area contributed by atoms with E-state index < -0.39 is 5.60 Å². The van der Waals surface area contributed by atoms with E-state index in [4.69, 9.17) is 10.5 Å². The Morgan fingerprint density at radius 3 is 2.53 bits per heavy atom. The number of amides is 1. The van der Waals surface area contributed by atoms with Crippen LogP contribution in [0.4, 0.5) is 4.79 Å². The van der Waals surface area contributed by atoms with Gasteiger partial charge in [0.1, 0.15) is 5.60 Å². The summed E-state index contributed by atoms with van der Waals surface area (Å²) in [6.45, 7) is 8.70. The first-order chi connectivity index (χ1) is 7.74. The molecule has 17 heavy (non-hydrogen) atoms. The first kappa shape index (κ1) is 12.7. The van der Waals surface area contributed by atoms with Crippen LogP contribution in [0.3, 0.4) is 0 Å². The largest absolute Gasteiger partial charge is 0.444 e. The second-order valence-electron chi connectivity index (χ2n) is 6.65. The second kappa shape index (κ2) is 3.87. The lowest BCUT2D eigenvalue weighted by molar-refractivity contribution is 0.0166. The van der Waals surface area contributed by atoms with Gasteiger partial charge in [0.25, 0.3) is 0 Å². The van der Waals surface area contributed by atoms with E-state index in [1.165, 1.54) is 0 Å². The Balaban J connectivity index is 2.03. The van der Waals surface area contributed by atoms with Crippen molar-refractivity contribution in [1.29, 1.82) is 0 Å². The molecule has 98 valence electrons. The first-order valence-corrected chi connectivity index (χ1v) is 6.49. The van der Waals surface area contributed by atoms with Gasteiger partial charge in [0, 0.05) is 24.0 Å². The minimum atomic E-state index is -0.420. The minimum absolute atomic E-state index is 0.118. The van der Waals surface area contributed by atoms with Crippen LogP contribution in [-0.2, 0) is 4.74 Å². The van der Waals surface area contributed by atoms with Gasteiger partial charge in [-0.1, -0.05) is 6.92 Å². The van der Waals surface area contributed by atoms with Crippen molar-refractivity contribution in [2.24, 2.45) is 11.1 Å². The predicted octanol–water partition coefficient (Wildman–Crippen LogP) is 2.12. The highest BCUT2D eigenvalue weighted by Gasteiger charge is 2.57. The third kappa shape index (κ3) is 2.41. The summed E-state index contributed by atoms with van der Waals surface area (Å²) in [5.41, 5.74) is 5.69. The summed E-state index contributed by atoms with van der Waals surface area (Å²) in [6, 6.07) is 0.517. The molecule has 0 spiro atoms. The lowest BCUT2D eigenvalue weighted by atomic mass is 9.96. The molecule has 1 saturated carbocycles. The third-order valence-electron chi connectivity index (χ3n) is 3.99. The van der Waals surface area contributed by atoms with Gasteiger partial charge in [-0.05, 0) is 40.0 Å². The number of rotatable bonds is 1. The average Bonchev–Trinajstić information content (AvgIpc) is 2.66. The molecule has 1 saturated heterocycles. The van der Waals surface area contributed by atoms with Crippen molar-refractivity contribution in [3.05, 3.63) is 0 Å². The molecule has 2 rings (SSSR count). The standard InChI is InChI=1S/C13H24N2O2/c1-12(2,3)17-11(16)15-7-5-6-10(15)13(4)8-9(13)14/h9-10H,5-8,14H2,1-4H3. The van der Waals surface area contributed by atoms with Crippen LogP contribution in [0, 0.1) is 5.41 Å². The number of hydrogen-bond acceptors (Lipinski definition) is 3. The van der Waals surface area contributed by atoms with Gasteiger partial charge >= 0.3 is 6.09 Å². The van der Waals surface area contributed by atoms with Crippen LogP contribution in [-0.4, -0.2) is 35.2 Å². The average molecular weight is 240 g/mol. The van der Waals surface area contributed by atoms with Gasteiger partial charge in [0.2, 0.25) is 0 Å². The normalized spacial score (nSPS) is 37.1. The molecular weight excluding hydrogens is 216 g/mol. The Hall–Kier alpha value is -0.770. The molecule has 3 unspecified atom stereocenters. The van der Waals surface area contributed by atoms with Crippen LogP contribution in [0.5, 0.6) is 0 Å². The molecule has 1 heterocycles. The number of ether oxygens (including phenoxy) is 1. The molecule has 0 radical (unpaired) electrons. The van der Waals surface area contributed by atoms with Crippen molar-refractivity contribution in [3.63, 3.8) is 0 Å². The molecule has 0 bridgehead atoms. The molecule has 2 fully saturated rings. The van der Waals surface area contributed by atoms with E-state index in [0.29, 0.717) is 0 Å². The molecular formula is C13H24N2O2. The van der Waals surface area contributed by atoms with Gasteiger partial charge in [-0.2, -0.15) is 0 Å². The summed E-state index contributed by atoms with van der Waals surface area (Å²) in [4.78, 5) is 14.0. The Morgan fingerprint density at radius 1 is 1.47 bits per heavy atom. The fourth-order valence-corrected chi connectivity index (χ4v) is 2.79. The van der Waals surface area contributed by atoms with Crippen molar-refractivity contribution in [2.75, 3.05) is 6.54 Å². The second-order valence-corrected chi connectivity index (χ2v) is 6.65. The summed E-state index contributed by atoms with van der Waals surface area (Å²) >= 11 is 0. The van der Waals surface area contributed by atoms with Crippen LogP contribution in [0.15, 0.2) is 0 Å². The predicted molar refractivity (Wildman–Crippen MR) is 66.7 cm³/mol. The van der Waals surface area contributed by atoms with Gasteiger partial charge in [0.05, 0.1) is 0 Å². The van der Waals surface area contributed by atoms with Crippen molar-refractivity contribution in [1.82, 2.24) is 4.90 Å². The van der Waals surface area contributed by atoms with Crippen LogP contribution in [0.1, 0.15) is 47.0 Å². The van der Waals surface area contributed by atoms with Gasteiger partial charge < -0.3 is 15.4 Å². The lowest BCUT2D eigenvalue weighted by Gasteiger charge is -2.32. The molecule has 2 aliphatic rings. The fourth-order valence-electron chi connectivity index (χ4n) is 2.79. The quantitative estimate of drug-likeness (QED) is 0.764. The summed E-state index contributed by atoms with van der Waals surface area (Å²) in [5, 5.41) is 0. The molecule has 0 aromatic rings.